The van der Waals surface area contributed by atoms with Crippen LogP contribution in [0.4, 0.5) is 0 Å². The molecule has 0 aliphatic rings. The predicted octanol–water partition coefficient (Wildman–Crippen LogP) is 2.56. The van der Waals surface area contributed by atoms with Gasteiger partial charge in [0.15, 0.2) is 6.29 Å². The van der Waals surface area contributed by atoms with Crippen LogP contribution in [0.15, 0.2) is 0 Å². The van der Waals surface area contributed by atoms with Crippen molar-refractivity contribution in [3.05, 3.63) is 0 Å². The zero-order valence-electron chi connectivity index (χ0n) is 9.14. The summed E-state index contributed by atoms with van der Waals surface area (Å²) < 4.78 is 5.51. The minimum absolute atomic E-state index is 0.202. The van der Waals surface area contributed by atoms with E-state index < -0.39 is 6.29 Å². The van der Waals surface area contributed by atoms with Gasteiger partial charge < -0.3 is 9.84 Å². The Morgan fingerprint density at radius 3 is 1.83 bits per heavy atom. The second kappa shape index (κ2) is 3.75. The summed E-state index contributed by atoms with van der Waals surface area (Å²) in [6.45, 7) is 11.9. The molecule has 0 saturated carbocycles. The SMILES string of the molecule is CCC(C)(C)OC(O)C(C)(C)C. The third-order valence-electron chi connectivity index (χ3n) is 2.02. The predicted molar refractivity (Wildman–Crippen MR) is 50.9 cm³/mol. The van der Waals surface area contributed by atoms with Crippen molar-refractivity contribution < 1.29 is 9.84 Å². The third kappa shape index (κ3) is 4.07. The molecule has 0 aliphatic heterocycles. The summed E-state index contributed by atoms with van der Waals surface area (Å²) in [7, 11) is 0. The van der Waals surface area contributed by atoms with Crippen molar-refractivity contribution >= 4 is 0 Å². The molecule has 0 fully saturated rings. The maximum absolute atomic E-state index is 9.63. The zero-order valence-corrected chi connectivity index (χ0v) is 9.14. The van der Waals surface area contributed by atoms with Gasteiger partial charge in [-0.15, -0.1) is 0 Å². The van der Waals surface area contributed by atoms with Gasteiger partial charge in [0, 0.05) is 5.41 Å². The van der Waals surface area contributed by atoms with E-state index in [4.69, 9.17) is 4.74 Å². The summed E-state index contributed by atoms with van der Waals surface area (Å²) in [5.74, 6) is 0. The number of hydrogen-bond donors (Lipinski definition) is 1. The van der Waals surface area contributed by atoms with E-state index in [1.54, 1.807) is 0 Å². The van der Waals surface area contributed by atoms with Crippen molar-refractivity contribution in [3.8, 4) is 0 Å². The topological polar surface area (TPSA) is 29.5 Å². The highest BCUT2D eigenvalue weighted by atomic mass is 16.6. The van der Waals surface area contributed by atoms with E-state index in [0.29, 0.717) is 0 Å². The lowest BCUT2D eigenvalue weighted by molar-refractivity contribution is -0.217. The Kier molecular flexibility index (Phi) is 3.73. The average molecular weight is 174 g/mol. The highest BCUT2D eigenvalue weighted by Gasteiger charge is 2.28. The first kappa shape index (κ1) is 11.9. The molecule has 0 heterocycles. The molecule has 0 saturated heterocycles. The number of ether oxygens (including phenoxy) is 1. The van der Waals surface area contributed by atoms with Crippen LogP contribution in [-0.2, 0) is 4.74 Å². The second-order valence-electron chi connectivity index (χ2n) is 4.95. The maximum atomic E-state index is 9.63. The fourth-order valence-corrected chi connectivity index (χ4v) is 0.562. The average Bonchev–Trinajstić information content (AvgIpc) is 1.85. The van der Waals surface area contributed by atoms with E-state index in [-0.39, 0.29) is 11.0 Å². The quantitative estimate of drug-likeness (QED) is 0.666. The van der Waals surface area contributed by atoms with Crippen LogP contribution in [0, 0.1) is 5.41 Å². The summed E-state index contributed by atoms with van der Waals surface area (Å²) >= 11 is 0. The van der Waals surface area contributed by atoms with E-state index in [1.807, 2.05) is 34.6 Å². The largest absolute Gasteiger partial charge is 0.367 e. The summed E-state index contributed by atoms with van der Waals surface area (Å²) in [6, 6.07) is 0. The molecule has 1 unspecified atom stereocenters. The van der Waals surface area contributed by atoms with Crippen LogP contribution >= 0.6 is 0 Å². The van der Waals surface area contributed by atoms with Gasteiger partial charge in [-0.25, -0.2) is 0 Å². The van der Waals surface area contributed by atoms with E-state index >= 15 is 0 Å². The summed E-state index contributed by atoms with van der Waals surface area (Å²) in [5, 5.41) is 9.63. The minimum atomic E-state index is -0.688. The van der Waals surface area contributed by atoms with Gasteiger partial charge in [0.1, 0.15) is 0 Å². The lowest BCUT2D eigenvalue weighted by Crippen LogP contribution is -2.37. The van der Waals surface area contributed by atoms with Gasteiger partial charge in [0.2, 0.25) is 0 Å². The van der Waals surface area contributed by atoms with Gasteiger partial charge in [-0.2, -0.15) is 0 Å². The molecule has 0 aromatic carbocycles. The molecular formula is C10H22O2. The van der Waals surface area contributed by atoms with Crippen LogP contribution in [0.3, 0.4) is 0 Å². The van der Waals surface area contributed by atoms with Crippen molar-refractivity contribution in [2.75, 3.05) is 0 Å². The Morgan fingerprint density at radius 1 is 1.17 bits per heavy atom. The fraction of sp³-hybridized carbons (Fsp3) is 1.00. The van der Waals surface area contributed by atoms with Crippen LogP contribution in [-0.4, -0.2) is 17.0 Å². The molecule has 2 nitrogen and oxygen atoms in total. The highest BCUT2D eigenvalue weighted by molar-refractivity contribution is 4.71. The summed E-state index contributed by atoms with van der Waals surface area (Å²) in [5.41, 5.74) is -0.431. The van der Waals surface area contributed by atoms with Gasteiger partial charge in [0.25, 0.3) is 0 Å². The lowest BCUT2D eigenvalue weighted by atomic mass is 9.95. The Morgan fingerprint density at radius 2 is 1.58 bits per heavy atom. The molecule has 0 spiro atoms. The lowest BCUT2D eigenvalue weighted by Gasteiger charge is -2.33. The van der Waals surface area contributed by atoms with Crippen molar-refractivity contribution in [1.82, 2.24) is 0 Å². The monoisotopic (exact) mass is 174 g/mol. The first-order valence-corrected chi connectivity index (χ1v) is 4.55. The molecule has 0 aliphatic carbocycles. The van der Waals surface area contributed by atoms with Gasteiger partial charge >= 0.3 is 0 Å². The highest BCUT2D eigenvalue weighted by Crippen LogP contribution is 2.25. The molecule has 1 N–H and O–H groups in total. The normalized spacial score (nSPS) is 16.2. The minimum Gasteiger partial charge on any atom is -0.367 e. The first-order chi connectivity index (χ1) is 5.19. The van der Waals surface area contributed by atoms with Crippen molar-refractivity contribution in [1.29, 1.82) is 0 Å². The summed E-state index contributed by atoms with van der Waals surface area (Å²) in [4.78, 5) is 0. The molecule has 0 aromatic rings. The van der Waals surface area contributed by atoms with E-state index in [1.165, 1.54) is 0 Å². The Labute approximate surface area is 75.9 Å². The van der Waals surface area contributed by atoms with Crippen LogP contribution < -0.4 is 0 Å². The molecule has 0 rings (SSSR count). The maximum Gasteiger partial charge on any atom is 0.160 e. The van der Waals surface area contributed by atoms with Crippen LogP contribution in [0.25, 0.3) is 0 Å². The van der Waals surface area contributed by atoms with Crippen LogP contribution in [0.1, 0.15) is 48.0 Å². The molecule has 0 amide bonds. The van der Waals surface area contributed by atoms with Crippen molar-refractivity contribution in [2.24, 2.45) is 5.41 Å². The van der Waals surface area contributed by atoms with Crippen LogP contribution in [0.5, 0.6) is 0 Å². The van der Waals surface area contributed by atoms with Crippen molar-refractivity contribution in [2.45, 2.75) is 59.9 Å². The third-order valence-corrected chi connectivity index (χ3v) is 2.02. The Balaban J connectivity index is 4.09. The molecule has 74 valence electrons. The first-order valence-electron chi connectivity index (χ1n) is 4.55. The molecule has 1 atom stereocenters. The van der Waals surface area contributed by atoms with Gasteiger partial charge in [-0.1, -0.05) is 27.7 Å². The molecule has 0 radical (unpaired) electrons. The molecular weight excluding hydrogens is 152 g/mol. The standard InChI is InChI=1S/C10H22O2/c1-7-10(5,6)12-8(11)9(2,3)4/h8,11H,7H2,1-6H3. The van der Waals surface area contributed by atoms with E-state index in [2.05, 4.69) is 6.92 Å². The molecule has 2 heteroatoms. The van der Waals surface area contributed by atoms with Crippen molar-refractivity contribution in [3.63, 3.8) is 0 Å². The van der Waals surface area contributed by atoms with Gasteiger partial charge in [-0.3, -0.25) is 0 Å². The molecule has 0 bridgehead atoms. The Hall–Kier alpha value is -0.0800. The van der Waals surface area contributed by atoms with Gasteiger partial charge in [-0.05, 0) is 20.3 Å². The smallest absolute Gasteiger partial charge is 0.160 e. The second-order valence-corrected chi connectivity index (χ2v) is 4.95. The number of rotatable bonds is 3. The number of aliphatic hydroxyl groups is 1. The van der Waals surface area contributed by atoms with Gasteiger partial charge in [0.05, 0.1) is 5.60 Å². The van der Waals surface area contributed by atoms with Crippen LogP contribution in [0.2, 0.25) is 0 Å². The molecule has 12 heavy (non-hydrogen) atoms. The fourth-order valence-electron chi connectivity index (χ4n) is 0.562. The zero-order chi connectivity index (χ0) is 9.99. The van der Waals surface area contributed by atoms with E-state index in [0.717, 1.165) is 6.42 Å². The number of aliphatic hydroxyl groups excluding tert-OH is 1. The molecule has 0 aromatic heterocycles. The van der Waals surface area contributed by atoms with E-state index in [9.17, 15) is 5.11 Å². The summed E-state index contributed by atoms with van der Waals surface area (Å²) in [6.07, 6.45) is 0.215. The number of hydrogen-bond acceptors (Lipinski definition) is 2. The Bertz CT molecular complexity index is 133.